The van der Waals surface area contributed by atoms with E-state index < -0.39 is 11.8 Å². The standard InChI is InChI=1S/C19H18ClN7O3/c1-10(28)8-21-16-7-15(23-13-4-2-3-12(20)6-13)25-17-11(9-22-27(16)17)5-14-18(29)26-19(30)24-14/h2-7,9-10,23,28-29H,8H2,1H3,(H2,24,26,30)/b11-5+,21-16?. The van der Waals surface area contributed by atoms with Gasteiger partial charge in [0.15, 0.2) is 11.1 Å². The van der Waals surface area contributed by atoms with Gasteiger partial charge in [0.2, 0.25) is 5.88 Å². The molecule has 0 spiro atoms. The van der Waals surface area contributed by atoms with Gasteiger partial charge in [0.1, 0.15) is 11.5 Å². The zero-order valence-corrected chi connectivity index (χ0v) is 16.6. The first-order chi connectivity index (χ1) is 14.4. The average Bonchev–Trinajstić information content (AvgIpc) is 3.22. The van der Waals surface area contributed by atoms with Gasteiger partial charge in [-0.1, -0.05) is 17.7 Å². The van der Waals surface area contributed by atoms with Crippen molar-refractivity contribution in [3.63, 3.8) is 0 Å². The monoisotopic (exact) mass is 427 g/mol. The molecule has 0 radical (unpaired) electrons. The first-order valence-electron chi connectivity index (χ1n) is 9.02. The van der Waals surface area contributed by atoms with Crippen LogP contribution in [0.2, 0.25) is 5.02 Å². The summed E-state index contributed by atoms with van der Waals surface area (Å²) in [6.45, 7) is 1.82. The highest BCUT2D eigenvalue weighted by Crippen LogP contribution is 2.18. The Morgan fingerprint density at radius 3 is 2.90 bits per heavy atom. The number of hydrogen-bond donors (Lipinski definition) is 5. The van der Waals surface area contributed by atoms with Crippen molar-refractivity contribution in [3.05, 3.63) is 68.4 Å². The normalized spacial score (nSPS) is 13.8. The largest absolute Gasteiger partial charge is 0.493 e. The molecule has 154 valence electrons. The lowest BCUT2D eigenvalue weighted by atomic mass is 10.3. The maximum Gasteiger partial charge on any atom is 0.326 e. The number of H-pyrrole nitrogens is 2. The highest BCUT2D eigenvalue weighted by atomic mass is 35.5. The van der Waals surface area contributed by atoms with Crippen LogP contribution in [0.4, 0.5) is 11.5 Å². The topological polar surface area (TPSA) is 144 Å². The third-order valence-corrected chi connectivity index (χ3v) is 4.37. The molecule has 0 aliphatic heterocycles. The van der Waals surface area contributed by atoms with Crippen molar-refractivity contribution in [2.24, 2.45) is 4.99 Å². The van der Waals surface area contributed by atoms with Crippen molar-refractivity contribution in [2.75, 3.05) is 11.9 Å². The van der Waals surface area contributed by atoms with Crippen LogP contribution in [0.15, 0.2) is 46.3 Å². The average molecular weight is 428 g/mol. The molecular weight excluding hydrogens is 410 g/mol. The highest BCUT2D eigenvalue weighted by molar-refractivity contribution is 6.30. The first kappa shape index (κ1) is 19.7. The number of aromatic amines is 2. The van der Waals surface area contributed by atoms with Crippen LogP contribution in [0, 0.1) is 0 Å². The Morgan fingerprint density at radius 1 is 1.37 bits per heavy atom. The van der Waals surface area contributed by atoms with Crippen molar-refractivity contribution >= 4 is 34.8 Å². The molecule has 0 bridgehead atoms. The molecule has 0 fully saturated rings. The van der Waals surface area contributed by atoms with Crippen LogP contribution >= 0.6 is 11.6 Å². The van der Waals surface area contributed by atoms with Gasteiger partial charge in [0, 0.05) is 22.0 Å². The fraction of sp³-hybridized carbons (Fsp3) is 0.158. The number of imidazole rings is 1. The number of nitrogens with one attached hydrogen (secondary N) is 3. The van der Waals surface area contributed by atoms with Gasteiger partial charge in [0.25, 0.3) is 0 Å². The number of benzene rings is 1. The summed E-state index contributed by atoms with van der Waals surface area (Å²) < 4.78 is 1.51. The zero-order valence-electron chi connectivity index (χ0n) is 15.8. The van der Waals surface area contributed by atoms with Gasteiger partial charge in [-0.2, -0.15) is 9.61 Å². The molecule has 11 heteroatoms. The fourth-order valence-electron chi connectivity index (χ4n) is 2.83. The molecule has 5 N–H and O–H groups in total. The lowest BCUT2D eigenvalue weighted by molar-refractivity contribution is 0.202. The Hall–Kier alpha value is -3.63. The number of aromatic nitrogens is 5. The molecule has 0 aliphatic carbocycles. The molecular formula is C19H18ClN7O3. The molecule has 0 saturated heterocycles. The predicted octanol–water partition coefficient (Wildman–Crippen LogP) is 0.677. The summed E-state index contributed by atoms with van der Waals surface area (Å²) in [5, 5.41) is 28.1. The van der Waals surface area contributed by atoms with E-state index in [-0.39, 0.29) is 18.1 Å². The minimum Gasteiger partial charge on any atom is -0.493 e. The second kappa shape index (κ2) is 8.01. The molecule has 0 amide bonds. The van der Waals surface area contributed by atoms with E-state index in [0.717, 1.165) is 5.69 Å². The molecule has 3 heterocycles. The van der Waals surface area contributed by atoms with E-state index in [4.69, 9.17) is 11.6 Å². The smallest absolute Gasteiger partial charge is 0.326 e. The van der Waals surface area contributed by atoms with Crippen molar-refractivity contribution in [1.82, 2.24) is 24.6 Å². The highest BCUT2D eigenvalue weighted by Gasteiger charge is 2.09. The maximum absolute atomic E-state index is 11.4. The molecule has 1 unspecified atom stereocenters. The summed E-state index contributed by atoms with van der Waals surface area (Å²) in [7, 11) is 0. The number of aliphatic hydroxyl groups excluding tert-OH is 1. The van der Waals surface area contributed by atoms with Crippen molar-refractivity contribution < 1.29 is 10.2 Å². The minimum atomic E-state index is -0.624. The summed E-state index contributed by atoms with van der Waals surface area (Å²) >= 11 is 6.06. The number of halogens is 1. The van der Waals surface area contributed by atoms with Gasteiger partial charge in [0.05, 0.1) is 18.8 Å². The Kier molecular flexibility index (Phi) is 5.25. The third-order valence-electron chi connectivity index (χ3n) is 4.13. The quantitative estimate of drug-likeness (QED) is 0.317. The minimum absolute atomic E-state index is 0.181. The van der Waals surface area contributed by atoms with Gasteiger partial charge in [-0.25, -0.2) is 9.78 Å². The number of fused-ring (bicyclic) bond motifs is 1. The molecule has 1 atom stereocenters. The van der Waals surface area contributed by atoms with E-state index >= 15 is 0 Å². The first-order valence-corrected chi connectivity index (χ1v) is 9.40. The second-order valence-electron chi connectivity index (χ2n) is 6.65. The lowest BCUT2D eigenvalue weighted by Gasteiger charge is -2.07. The van der Waals surface area contributed by atoms with Crippen molar-refractivity contribution in [1.29, 1.82) is 0 Å². The van der Waals surface area contributed by atoms with Crippen molar-refractivity contribution in [3.8, 4) is 5.88 Å². The molecule has 30 heavy (non-hydrogen) atoms. The third kappa shape index (κ3) is 4.19. The van der Waals surface area contributed by atoms with Gasteiger partial charge in [-0.15, -0.1) is 0 Å². The molecule has 0 aliphatic rings. The summed E-state index contributed by atoms with van der Waals surface area (Å²) in [6.07, 6.45) is 2.46. The lowest BCUT2D eigenvalue weighted by Crippen LogP contribution is -2.21. The van der Waals surface area contributed by atoms with Gasteiger partial charge in [-0.05, 0) is 31.2 Å². The van der Waals surface area contributed by atoms with Crippen LogP contribution in [0.25, 0.3) is 11.7 Å². The van der Waals surface area contributed by atoms with E-state index in [1.54, 1.807) is 31.2 Å². The summed E-state index contributed by atoms with van der Waals surface area (Å²) in [5.41, 5.74) is 1.31. The maximum atomic E-state index is 11.4. The number of aliphatic hydroxyl groups is 1. The van der Waals surface area contributed by atoms with Crippen LogP contribution in [0.5, 0.6) is 5.88 Å². The number of anilines is 2. The fourth-order valence-corrected chi connectivity index (χ4v) is 3.02. The number of rotatable bonds is 5. The molecule has 3 aromatic heterocycles. The molecule has 4 rings (SSSR count). The Balaban J connectivity index is 1.89. The van der Waals surface area contributed by atoms with Gasteiger partial charge >= 0.3 is 5.69 Å². The van der Waals surface area contributed by atoms with Crippen LogP contribution in [-0.4, -0.2) is 47.4 Å². The van der Waals surface area contributed by atoms with E-state index in [9.17, 15) is 15.0 Å². The predicted molar refractivity (Wildman–Crippen MR) is 112 cm³/mol. The van der Waals surface area contributed by atoms with Crippen LogP contribution in [0.3, 0.4) is 0 Å². The van der Waals surface area contributed by atoms with Gasteiger partial charge < -0.3 is 20.5 Å². The summed E-state index contributed by atoms with van der Waals surface area (Å²) in [5.74, 6) is 0.197. The number of nitrogens with zero attached hydrogens (tertiary/aromatic N) is 4. The van der Waals surface area contributed by atoms with Gasteiger partial charge in [-0.3, -0.25) is 9.98 Å². The summed E-state index contributed by atoms with van der Waals surface area (Å²) in [4.78, 5) is 25.2. The van der Waals surface area contributed by atoms with E-state index in [0.29, 0.717) is 27.2 Å². The van der Waals surface area contributed by atoms with Crippen LogP contribution < -0.4 is 21.7 Å². The molecule has 0 saturated carbocycles. The SMILES string of the molecule is CC(O)CN=c1cc(Nc2cccc(Cl)c2)nc2/c(=C/c3[nH]c(=O)[nH]c3O)cnn12. The van der Waals surface area contributed by atoms with E-state index in [1.165, 1.54) is 10.7 Å². The van der Waals surface area contributed by atoms with E-state index in [2.05, 4.69) is 30.4 Å². The van der Waals surface area contributed by atoms with E-state index in [1.807, 2.05) is 12.1 Å². The Morgan fingerprint density at radius 2 is 2.20 bits per heavy atom. The van der Waals surface area contributed by atoms with Crippen molar-refractivity contribution in [2.45, 2.75) is 13.0 Å². The van der Waals surface area contributed by atoms with Crippen LogP contribution in [0.1, 0.15) is 12.6 Å². The zero-order chi connectivity index (χ0) is 21.3. The number of hydrogen-bond acceptors (Lipinski definition) is 7. The number of aromatic hydroxyl groups is 1. The molecule has 1 aromatic carbocycles. The molecule has 10 nitrogen and oxygen atoms in total. The Bertz CT molecular complexity index is 1390. The molecule has 4 aromatic rings. The second-order valence-corrected chi connectivity index (χ2v) is 7.08. The summed E-state index contributed by atoms with van der Waals surface area (Å²) in [6, 6.07) is 8.87. The van der Waals surface area contributed by atoms with Crippen LogP contribution in [-0.2, 0) is 0 Å². The Labute approximate surface area is 174 Å².